The summed E-state index contributed by atoms with van der Waals surface area (Å²) in [5.41, 5.74) is 2.17. The van der Waals surface area contributed by atoms with Gasteiger partial charge >= 0.3 is 0 Å². The number of piperazine rings is 1. The molecule has 1 aliphatic heterocycles. The van der Waals surface area contributed by atoms with Gasteiger partial charge in [0, 0.05) is 43.9 Å². The molecule has 2 aromatic rings. The molecule has 138 valence electrons. The van der Waals surface area contributed by atoms with Crippen LogP contribution in [0.5, 0.6) is 5.75 Å². The second-order valence-electron chi connectivity index (χ2n) is 6.53. The van der Waals surface area contributed by atoms with Crippen LogP contribution in [0.15, 0.2) is 42.5 Å². The first-order valence-electron chi connectivity index (χ1n) is 9.07. The first-order chi connectivity index (χ1) is 12.6. The quantitative estimate of drug-likeness (QED) is 0.738. The van der Waals surface area contributed by atoms with Crippen molar-refractivity contribution in [3.05, 3.63) is 59.4 Å². The minimum atomic E-state index is -0.326. The normalized spacial score (nSPS) is 15.1. The maximum Gasteiger partial charge on any atom is 0.159 e. The Morgan fingerprint density at radius 2 is 1.85 bits per heavy atom. The molecule has 1 aliphatic rings. The van der Waals surface area contributed by atoms with Crippen LogP contribution in [0.1, 0.15) is 29.8 Å². The number of rotatable bonds is 6. The van der Waals surface area contributed by atoms with E-state index in [0.717, 1.165) is 38.5 Å². The van der Waals surface area contributed by atoms with Crippen LogP contribution in [0, 0.1) is 5.82 Å². The van der Waals surface area contributed by atoms with Gasteiger partial charge in [0.15, 0.2) is 5.78 Å². The van der Waals surface area contributed by atoms with Gasteiger partial charge in [0.2, 0.25) is 0 Å². The topological polar surface area (TPSA) is 32.8 Å². The van der Waals surface area contributed by atoms with Gasteiger partial charge in [-0.05, 0) is 38.1 Å². The fourth-order valence-electron chi connectivity index (χ4n) is 3.30. The standard InChI is InChI=1S/C21H25FN2O2/c1-3-26-21-7-5-4-6-18(21)15-23-10-12-24(13-11-23)20-9-8-17(16(2)25)14-19(20)22/h4-9,14H,3,10-13,15H2,1-2H3. The lowest BCUT2D eigenvalue weighted by Gasteiger charge is -2.36. The first-order valence-corrected chi connectivity index (χ1v) is 9.07. The molecule has 26 heavy (non-hydrogen) atoms. The van der Waals surface area contributed by atoms with Crippen LogP contribution in [0.4, 0.5) is 10.1 Å². The minimum absolute atomic E-state index is 0.117. The summed E-state index contributed by atoms with van der Waals surface area (Å²) in [6.07, 6.45) is 0. The second kappa shape index (κ2) is 8.32. The number of anilines is 1. The third kappa shape index (κ3) is 4.22. The zero-order chi connectivity index (χ0) is 18.5. The van der Waals surface area contributed by atoms with Gasteiger partial charge in [0.25, 0.3) is 0 Å². The van der Waals surface area contributed by atoms with Gasteiger partial charge in [0.05, 0.1) is 12.3 Å². The summed E-state index contributed by atoms with van der Waals surface area (Å²) >= 11 is 0. The second-order valence-corrected chi connectivity index (χ2v) is 6.53. The molecule has 0 bridgehead atoms. The highest BCUT2D eigenvalue weighted by atomic mass is 19.1. The Kier molecular flexibility index (Phi) is 5.89. The number of ketones is 1. The maximum atomic E-state index is 14.4. The molecule has 0 saturated carbocycles. The molecule has 0 spiro atoms. The maximum absolute atomic E-state index is 14.4. The molecule has 5 heteroatoms. The number of nitrogens with zero attached hydrogens (tertiary/aromatic N) is 2. The lowest BCUT2D eigenvalue weighted by Crippen LogP contribution is -2.46. The molecule has 0 radical (unpaired) electrons. The van der Waals surface area contributed by atoms with Gasteiger partial charge in [-0.25, -0.2) is 4.39 Å². The number of para-hydroxylation sites is 1. The van der Waals surface area contributed by atoms with Gasteiger partial charge in [0.1, 0.15) is 11.6 Å². The summed E-state index contributed by atoms with van der Waals surface area (Å²) in [6, 6.07) is 12.9. The molecular weight excluding hydrogens is 331 g/mol. The molecule has 1 heterocycles. The average Bonchev–Trinajstić information content (AvgIpc) is 2.64. The number of halogens is 1. The summed E-state index contributed by atoms with van der Waals surface area (Å²) < 4.78 is 20.1. The van der Waals surface area contributed by atoms with Gasteiger partial charge in [-0.1, -0.05) is 18.2 Å². The van der Waals surface area contributed by atoms with Crippen molar-refractivity contribution in [1.82, 2.24) is 4.90 Å². The van der Waals surface area contributed by atoms with Crippen LogP contribution in [0.3, 0.4) is 0 Å². The molecule has 4 nitrogen and oxygen atoms in total. The number of benzene rings is 2. The van der Waals surface area contributed by atoms with Crippen molar-refractivity contribution in [1.29, 1.82) is 0 Å². The predicted octanol–water partition coefficient (Wildman–Crippen LogP) is 3.75. The van der Waals surface area contributed by atoms with E-state index in [0.29, 0.717) is 17.9 Å². The Hall–Kier alpha value is -2.40. The van der Waals surface area contributed by atoms with Crippen molar-refractivity contribution in [2.75, 3.05) is 37.7 Å². The van der Waals surface area contributed by atoms with E-state index >= 15 is 0 Å². The molecule has 1 fully saturated rings. The summed E-state index contributed by atoms with van der Waals surface area (Å²) in [6.45, 7) is 8.15. The van der Waals surface area contributed by atoms with Crippen LogP contribution in [0.2, 0.25) is 0 Å². The third-order valence-electron chi connectivity index (χ3n) is 4.73. The molecule has 2 aromatic carbocycles. The summed E-state index contributed by atoms with van der Waals surface area (Å²) in [4.78, 5) is 15.8. The number of carbonyl (C=O) groups excluding carboxylic acids is 1. The Bertz CT molecular complexity index is 770. The van der Waals surface area contributed by atoms with Crippen LogP contribution in [0.25, 0.3) is 0 Å². The molecular formula is C21H25FN2O2. The van der Waals surface area contributed by atoms with Gasteiger partial charge < -0.3 is 9.64 Å². The first kappa shape index (κ1) is 18.4. The average molecular weight is 356 g/mol. The Morgan fingerprint density at radius 1 is 1.12 bits per heavy atom. The summed E-state index contributed by atoms with van der Waals surface area (Å²) in [5, 5.41) is 0. The zero-order valence-corrected chi connectivity index (χ0v) is 15.4. The van der Waals surface area contributed by atoms with E-state index in [9.17, 15) is 9.18 Å². The molecule has 0 unspecified atom stereocenters. The molecule has 0 aromatic heterocycles. The van der Waals surface area contributed by atoms with Crippen LogP contribution in [-0.2, 0) is 6.54 Å². The van der Waals surface area contributed by atoms with Crippen molar-refractivity contribution in [2.24, 2.45) is 0 Å². The van der Waals surface area contributed by atoms with E-state index in [-0.39, 0.29) is 11.6 Å². The van der Waals surface area contributed by atoms with Gasteiger partial charge in [-0.3, -0.25) is 9.69 Å². The van der Waals surface area contributed by atoms with E-state index in [2.05, 4.69) is 11.0 Å². The fraction of sp³-hybridized carbons (Fsp3) is 0.381. The van der Waals surface area contributed by atoms with Crippen molar-refractivity contribution in [3.8, 4) is 5.75 Å². The predicted molar refractivity (Wildman–Crippen MR) is 102 cm³/mol. The number of Topliss-reactive ketones (excluding diaryl/α,β-unsaturated/α-hetero) is 1. The van der Waals surface area contributed by atoms with Gasteiger partial charge in [-0.15, -0.1) is 0 Å². The highest BCUT2D eigenvalue weighted by molar-refractivity contribution is 5.94. The molecule has 1 saturated heterocycles. The Balaban J connectivity index is 1.62. The van der Waals surface area contributed by atoms with Crippen LogP contribution < -0.4 is 9.64 Å². The van der Waals surface area contributed by atoms with Crippen molar-refractivity contribution in [3.63, 3.8) is 0 Å². The van der Waals surface area contributed by atoms with Crippen LogP contribution >= 0.6 is 0 Å². The fourth-order valence-corrected chi connectivity index (χ4v) is 3.30. The van der Waals surface area contributed by atoms with E-state index in [1.807, 2.05) is 30.0 Å². The van der Waals surface area contributed by atoms with E-state index in [1.165, 1.54) is 18.6 Å². The smallest absolute Gasteiger partial charge is 0.159 e. The number of carbonyl (C=O) groups is 1. The Morgan fingerprint density at radius 3 is 2.50 bits per heavy atom. The molecule has 0 amide bonds. The summed E-state index contributed by atoms with van der Waals surface area (Å²) in [5.74, 6) is 0.490. The number of ether oxygens (including phenoxy) is 1. The van der Waals surface area contributed by atoms with Crippen molar-refractivity contribution in [2.45, 2.75) is 20.4 Å². The molecule has 0 N–H and O–H groups in total. The molecule has 0 atom stereocenters. The van der Waals surface area contributed by atoms with E-state index in [4.69, 9.17) is 4.74 Å². The van der Waals surface area contributed by atoms with Crippen LogP contribution in [-0.4, -0.2) is 43.5 Å². The molecule has 3 rings (SSSR count). The largest absolute Gasteiger partial charge is 0.494 e. The Labute approximate surface area is 154 Å². The lowest BCUT2D eigenvalue weighted by molar-refractivity contribution is 0.101. The van der Waals surface area contributed by atoms with Gasteiger partial charge in [-0.2, -0.15) is 0 Å². The van der Waals surface area contributed by atoms with Crippen molar-refractivity contribution >= 4 is 11.5 Å². The summed E-state index contributed by atoms with van der Waals surface area (Å²) in [7, 11) is 0. The molecule has 0 aliphatic carbocycles. The monoisotopic (exact) mass is 356 g/mol. The lowest BCUT2D eigenvalue weighted by atomic mass is 10.1. The highest BCUT2D eigenvalue weighted by Crippen LogP contribution is 2.24. The minimum Gasteiger partial charge on any atom is -0.494 e. The SMILES string of the molecule is CCOc1ccccc1CN1CCN(c2ccc(C(C)=O)cc2F)CC1. The zero-order valence-electron chi connectivity index (χ0n) is 15.4. The third-order valence-corrected chi connectivity index (χ3v) is 4.73. The van der Waals surface area contributed by atoms with E-state index in [1.54, 1.807) is 12.1 Å². The van der Waals surface area contributed by atoms with Crippen molar-refractivity contribution < 1.29 is 13.9 Å². The highest BCUT2D eigenvalue weighted by Gasteiger charge is 2.21. The number of hydrogen-bond donors (Lipinski definition) is 0. The van der Waals surface area contributed by atoms with E-state index < -0.39 is 0 Å². The number of hydrogen-bond acceptors (Lipinski definition) is 4.